The van der Waals surface area contributed by atoms with Crippen LogP contribution in [0.2, 0.25) is 10.0 Å². The Kier molecular flexibility index (Phi) is 6.96. The molecule has 1 N–H and O–H groups in total. The maximum Gasteiger partial charge on any atom is 0.324 e. The molecule has 2 aliphatic rings. The lowest BCUT2D eigenvalue weighted by molar-refractivity contribution is -0.157. The van der Waals surface area contributed by atoms with Crippen LogP contribution in [0.5, 0.6) is 0 Å². The highest BCUT2D eigenvalue weighted by Crippen LogP contribution is 2.55. The second kappa shape index (κ2) is 9.39. The van der Waals surface area contributed by atoms with Gasteiger partial charge in [-0.15, -0.1) is 0 Å². The van der Waals surface area contributed by atoms with Crippen LogP contribution in [0.25, 0.3) is 0 Å². The zero-order valence-electron chi connectivity index (χ0n) is 20.5. The third-order valence-corrected chi connectivity index (χ3v) is 7.91. The molecule has 0 spiro atoms. The molecule has 35 heavy (non-hydrogen) atoms. The Hall–Kier alpha value is -2.13. The number of carbonyl (C=O) groups is 1. The van der Waals surface area contributed by atoms with E-state index in [-0.39, 0.29) is 16.0 Å². The van der Waals surface area contributed by atoms with Gasteiger partial charge in [0.1, 0.15) is 22.9 Å². The second-order valence-corrected chi connectivity index (χ2v) is 12.1. The molecule has 4 nitrogen and oxygen atoms in total. The lowest BCUT2D eigenvalue weighted by Gasteiger charge is -2.44. The Balaban J connectivity index is 1.95. The fourth-order valence-corrected chi connectivity index (χ4v) is 6.09. The number of hydrogen-bond acceptors (Lipinski definition) is 4. The van der Waals surface area contributed by atoms with E-state index >= 15 is 4.39 Å². The minimum Gasteiger partial charge on any atom is -0.459 e. The van der Waals surface area contributed by atoms with Crippen molar-refractivity contribution in [1.82, 2.24) is 5.32 Å². The van der Waals surface area contributed by atoms with Gasteiger partial charge >= 0.3 is 5.97 Å². The summed E-state index contributed by atoms with van der Waals surface area (Å²) in [6, 6.07) is 12.6. The van der Waals surface area contributed by atoms with Gasteiger partial charge in [-0.25, -0.2) is 4.39 Å². The highest BCUT2D eigenvalue weighted by atomic mass is 35.5. The molecule has 0 radical (unpaired) electrons. The van der Waals surface area contributed by atoms with E-state index in [2.05, 4.69) is 18.3 Å². The number of hydrogen-bond donors (Lipinski definition) is 1. The number of carbonyl (C=O) groups excluding carboxylic acids is 1. The van der Waals surface area contributed by atoms with Gasteiger partial charge in [-0.3, -0.25) is 10.1 Å². The predicted molar refractivity (Wildman–Crippen MR) is 136 cm³/mol. The summed E-state index contributed by atoms with van der Waals surface area (Å²) in [7, 11) is 0. The van der Waals surface area contributed by atoms with Gasteiger partial charge in [-0.1, -0.05) is 54.7 Å². The van der Waals surface area contributed by atoms with Crippen molar-refractivity contribution in [2.75, 3.05) is 0 Å². The number of nitriles is 1. The first-order valence-corrected chi connectivity index (χ1v) is 12.8. The van der Waals surface area contributed by atoms with E-state index in [1.54, 1.807) is 51.1 Å². The zero-order valence-corrected chi connectivity index (χ0v) is 22.0. The topological polar surface area (TPSA) is 62.1 Å². The molecule has 2 aromatic rings. The van der Waals surface area contributed by atoms with E-state index in [1.807, 2.05) is 6.07 Å². The molecule has 0 amide bonds. The Bertz CT molecular complexity index is 1170. The maximum atomic E-state index is 15.6. The average Bonchev–Trinajstić information content (AvgIpc) is 3.06. The minimum absolute atomic E-state index is 0.00434. The standard InChI is InChI=1S/C28H31Cl2FN2O2/c1-26(2,3)35-25(34)24-23(17-7-5-8-18(29)13-17)28(16-32,20-10-9-19(30)14-21(20)31)22(33-24)15-27(4)11-6-12-27/h5,7-10,13-14,22-24,33H,6,11-12,15H2,1-4H3/t22-,23-,24+,28-/m0/s1. The van der Waals surface area contributed by atoms with Gasteiger partial charge in [0, 0.05) is 27.6 Å². The molecule has 1 saturated heterocycles. The summed E-state index contributed by atoms with van der Waals surface area (Å²) >= 11 is 12.4. The molecular formula is C28H31Cl2FN2O2. The average molecular weight is 517 g/mol. The molecular weight excluding hydrogens is 486 g/mol. The molecule has 1 aliphatic heterocycles. The van der Waals surface area contributed by atoms with Crippen molar-refractivity contribution in [3.8, 4) is 6.07 Å². The van der Waals surface area contributed by atoms with E-state index < -0.39 is 40.8 Å². The van der Waals surface area contributed by atoms with Crippen LogP contribution < -0.4 is 5.32 Å². The molecule has 4 rings (SSSR count). The highest BCUT2D eigenvalue weighted by molar-refractivity contribution is 6.30. The smallest absolute Gasteiger partial charge is 0.324 e. The first kappa shape index (κ1) is 25.9. The predicted octanol–water partition coefficient (Wildman–Crippen LogP) is 6.94. The van der Waals surface area contributed by atoms with Gasteiger partial charge in [0.2, 0.25) is 0 Å². The van der Waals surface area contributed by atoms with Crippen molar-refractivity contribution in [3.63, 3.8) is 0 Å². The molecule has 0 aromatic heterocycles. The highest BCUT2D eigenvalue weighted by Gasteiger charge is 2.62. The summed E-state index contributed by atoms with van der Waals surface area (Å²) in [6.45, 7) is 7.60. The summed E-state index contributed by atoms with van der Waals surface area (Å²) in [5, 5.41) is 15.0. The molecule has 2 aromatic carbocycles. The van der Waals surface area contributed by atoms with Crippen molar-refractivity contribution in [2.24, 2.45) is 5.41 Å². The van der Waals surface area contributed by atoms with E-state index in [0.29, 0.717) is 17.0 Å². The number of benzene rings is 2. The largest absolute Gasteiger partial charge is 0.459 e. The van der Waals surface area contributed by atoms with Crippen molar-refractivity contribution < 1.29 is 13.9 Å². The zero-order chi connectivity index (χ0) is 25.6. The molecule has 4 atom stereocenters. The van der Waals surface area contributed by atoms with E-state index in [4.69, 9.17) is 27.9 Å². The fraction of sp³-hybridized carbons (Fsp3) is 0.500. The number of esters is 1. The lowest BCUT2D eigenvalue weighted by atomic mass is 9.59. The van der Waals surface area contributed by atoms with Crippen LogP contribution in [-0.4, -0.2) is 23.7 Å². The Labute approximate surface area is 216 Å². The van der Waals surface area contributed by atoms with Crippen LogP contribution in [0.4, 0.5) is 4.39 Å². The van der Waals surface area contributed by atoms with Gasteiger partial charge in [-0.05, 0) is 75.3 Å². The van der Waals surface area contributed by atoms with Crippen LogP contribution >= 0.6 is 23.2 Å². The number of nitrogens with one attached hydrogen (secondary N) is 1. The summed E-state index contributed by atoms with van der Waals surface area (Å²) in [5.74, 6) is -1.77. The number of nitrogens with zero attached hydrogens (tertiary/aromatic N) is 1. The molecule has 7 heteroatoms. The minimum atomic E-state index is -1.39. The van der Waals surface area contributed by atoms with Crippen LogP contribution in [0, 0.1) is 22.6 Å². The van der Waals surface area contributed by atoms with Gasteiger partial charge in [-0.2, -0.15) is 5.26 Å². The molecule has 0 bridgehead atoms. The second-order valence-electron chi connectivity index (χ2n) is 11.2. The first-order valence-electron chi connectivity index (χ1n) is 12.0. The number of ether oxygens (including phenoxy) is 1. The van der Waals surface area contributed by atoms with E-state index in [9.17, 15) is 10.1 Å². The molecule has 2 fully saturated rings. The first-order chi connectivity index (χ1) is 16.4. The lowest BCUT2D eigenvalue weighted by Crippen LogP contribution is -2.47. The molecule has 1 aliphatic carbocycles. The number of halogens is 3. The van der Waals surface area contributed by atoms with Gasteiger partial charge in [0.05, 0.1) is 6.07 Å². The Morgan fingerprint density at radius 1 is 1.20 bits per heavy atom. The summed E-state index contributed by atoms with van der Waals surface area (Å²) in [6.07, 6.45) is 3.79. The van der Waals surface area contributed by atoms with Crippen LogP contribution in [0.3, 0.4) is 0 Å². The fourth-order valence-electron chi connectivity index (χ4n) is 5.73. The normalized spacial score (nSPS) is 27.7. The van der Waals surface area contributed by atoms with Crippen molar-refractivity contribution >= 4 is 29.2 Å². The number of rotatable bonds is 5. The summed E-state index contributed by atoms with van der Waals surface area (Å²) in [4.78, 5) is 13.6. The van der Waals surface area contributed by atoms with E-state index in [1.165, 1.54) is 6.07 Å². The third kappa shape index (κ3) is 4.94. The molecule has 1 saturated carbocycles. The summed E-state index contributed by atoms with van der Waals surface area (Å²) < 4.78 is 21.4. The van der Waals surface area contributed by atoms with Gasteiger partial charge in [0.15, 0.2) is 0 Å². The van der Waals surface area contributed by atoms with Crippen LogP contribution in [0.15, 0.2) is 42.5 Å². The Morgan fingerprint density at radius 3 is 2.43 bits per heavy atom. The van der Waals surface area contributed by atoms with Gasteiger partial charge in [0.25, 0.3) is 0 Å². The maximum absolute atomic E-state index is 15.6. The van der Waals surface area contributed by atoms with E-state index in [0.717, 1.165) is 19.3 Å². The van der Waals surface area contributed by atoms with Crippen molar-refractivity contribution in [2.45, 2.75) is 82.4 Å². The summed E-state index contributed by atoms with van der Waals surface area (Å²) in [5.41, 5.74) is -1.21. The SMILES string of the molecule is CC1(C[C@@H]2N[C@@H](C(=O)OC(C)(C)C)[C@H](c3cccc(Cl)c3)[C@@]2(C#N)c2ccc(Cl)cc2F)CCC1. The van der Waals surface area contributed by atoms with Crippen LogP contribution in [-0.2, 0) is 14.9 Å². The Morgan fingerprint density at radius 2 is 1.89 bits per heavy atom. The molecule has 0 unspecified atom stereocenters. The van der Waals surface area contributed by atoms with Crippen molar-refractivity contribution in [1.29, 1.82) is 5.26 Å². The van der Waals surface area contributed by atoms with Gasteiger partial charge < -0.3 is 4.74 Å². The third-order valence-electron chi connectivity index (χ3n) is 7.44. The van der Waals surface area contributed by atoms with Crippen LogP contribution in [0.1, 0.15) is 70.4 Å². The monoisotopic (exact) mass is 516 g/mol. The molecule has 186 valence electrons. The quantitative estimate of drug-likeness (QED) is 0.437. The van der Waals surface area contributed by atoms with Crippen molar-refractivity contribution in [3.05, 3.63) is 69.5 Å². The molecule has 1 heterocycles.